The second kappa shape index (κ2) is 8.52. The minimum absolute atomic E-state index is 0.00334. The van der Waals surface area contributed by atoms with Crippen molar-refractivity contribution in [3.63, 3.8) is 0 Å². The molecule has 0 aliphatic carbocycles. The van der Waals surface area contributed by atoms with Gasteiger partial charge in [-0.3, -0.25) is 0 Å². The van der Waals surface area contributed by atoms with Gasteiger partial charge in [-0.15, -0.1) is 0 Å². The molecule has 0 saturated carbocycles. The van der Waals surface area contributed by atoms with E-state index in [0.29, 0.717) is 26.8 Å². The summed E-state index contributed by atoms with van der Waals surface area (Å²) in [4.78, 5) is 8.90. The summed E-state index contributed by atoms with van der Waals surface area (Å²) in [5, 5.41) is 15.7. The average Bonchev–Trinajstić information content (AvgIpc) is 2.55. The molecule has 1 aromatic heterocycles. The molecule has 1 heterocycles. The van der Waals surface area contributed by atoms with Crippen LogP contribution in [0.15, 0.2) is 39.8 Å². The molecule has 0 bridgehead atoms. The van der Waals surface area contributed by atoms with Gasteiger partial charge in [0.2, 0.25) is 5.95 Å². The quantitative estimate of drug-likeness (QED) is 0.515. The first-order chi connectivity index (χ1) is 11.4. The molecule has 9 heteroatoms. The number of benzene rings is 1. The number of rotatable bonds is 7. The Morgan fingerprint density at radius 2 is 1.96 bits per heavy atom. The summed E-state index contributed by atoms with van der Waals surface area (Å²) >= 11 is 1.39. The summed E-state index contributed by atoms with van der Waals surface area (Å²) in [5.41, 5.74) is 0.694. The SMILES string of the molecule is CC(C)C(CO)Nc1nc(Nc2ccc(S(=O)O)cc2)ncc1Br. The van der Waals surface area contributed by atoms with Gasteiger partial charge < -0.3 is 20.3 Å². The summed E-state index contributed by atoms with van der Waals surface area (Å²) < 4.78 is 20.7. The lowest BCUT2D eigenvalue weighted by Crippen LogP contribution is -2.30. The first-order valence-electron chi connectivity index (χ1n) is 7.28. The highest BCUT2D eigenvalue weighted by Crippen LogP contribution is 2.24. The monoisotopic (exact) mass is 414 g/mol. The zero-order valence-electron chi connectivity index (χ0n) is 13.2. The van der Waals surface area contributed by atoms with E-state index in [4.69, 9.17) is 4.55 Å². The first kappa shape index (κ1) is 18.8. The van der Waals surface area contributed by atoms with E-state index < -0.39 is 11.1 Å². The Balaban J connectivity index is 2.16. The third kappa shape index (κ3) is 4.97. The largest absolute Gasteiger partial charge is 0.394 e. The summed E-state index contributed by atoms with van der Waals surface area (Å²) in [6, 6.07) is 6.33. The van der Waals surface area contributed by atoms with Crippen LogP contribution in [0.3, 0.4) is 0 Å². The van der Waals surface area contributed by atoms with Gasteiger partial charge in [-0.25, -0.2) is 9.19 Å². The zero-order chi connectivity index (χ0) is 17.7. The molecule has 2 rings (SSSR count). The van der Waals surface area contributed by atoms with Crippen LogP contribution in [0.5, 0.6) is 0 Å². The second-order valence-corrected chi connectivity index (χ2v) is 7.29. The van der Waals surface area contributed by atoms with E-state index in [0.717, 1.165) is 0 Å². The maximum Gasteiger partial charge on any atom is 0.229 e. The number of aliphatic hydroxyl groups is 1. The van der Waals surface area contributed by atoms with Crippen LogP contribution in [0.1, 0.15) is 13.8 Å². The summed E-state index contributed by atoms with van der Waals surface area (Å²) in [6.07, 6.45) is 1.61. The number of aliphatic hydroxyl groups excluding tert-OH is 1. The van der Waals surface area contributed by atoms with Gasteiger partial charge in [0.05, 0.1) is 22.0 Å². The minimum Gasteiger partial charge on any atom is -0.394 e. The van der Waals surface area contributed by atoms with E-state index in [2.05, 4.69) is 36.5 Å². The first-order valence-corrected chi connectivity index (χ1v) is 9.18. The molecule has 0 spiro atoms. The van der Waals surface area contributed by atoms with Gasteiger partial charge in [-0.1, -0.05) is 13.8 Å². The van der Waals surface area contributed by atoms with Gasteiger partial charge >= 0.3 is 0 Å². The highest BCUT2D eigenvalue weighted by molar-refractivity contribution is 9.10. The zero-order valence-corrected chi connectivity index (χ0v) is 15.6. The van der Waals surface area contributed by atoms with Gasteiger partial charge in [0.1, 0.15) is 5.82 Å². The van der Waals surface area contributed by atoms with Gasteiger partial charge in [0.15, 0.2) is 11.1 Å². The van der Waals surface area contributed by atoms with Crippen LogP contribution >= 0.6 is 15.9 Å². The maximum absolute atomic E-state index is 11.0. The number of hydrogen-bond donors (Lipinski definition) is 4. The molecule has 0 aliphatic heterocycles. The maximum atomic E-state index is 11.0. The number of aromatic nitrogens is 2. The lowest BCUT2D eigenvalue weighted by atomic mass is 10.1. The van der Waals surface area contributed by atoms with Crippen molar-refractivity contribution >= 4 is 44.5 Å². The molecule has 130 valence electrons. The fraction of sp³-hybridized carbons (Fsp3) is 0.333. The molecule has 24 heavy (non-hydrogen) atoms. The highest BCUT2D eigenvalue weighted by Gasteiger charge is 2.15. The van der Waals surface area contributed by atoms with Crippen LogP contribution in [0.4, 0.5) is 17.5 Å². The van der Waals surface area contributed by atoms with E-state index in [1.165, 1.54) is 0 Å². The molecule has 0 aliphatic rings. The highest BCUT2D eigenvalue weighted by atomic mass is 79.9. The number of anilines is 3. The van der Waals surface area contributed by atoms with Crippen LogP contribution in [0.2, 0.25) is 0 Å². The predicted octanol–water partition coefficient (Wildman–Crippen LogP) is 2.99. The summed E-state index contributed by atoms with van der Waals surface area (Å²) in [6.45, 7) is 4.01. The van der Waals surface area contributed by atoms with Crippen LogP contribution in [-0.2, 0) is 11.1 Å². The van der Waals surface area contributed by atoms with Crippen molar-refractivity contribution in [2.45, 2.75) is 24.8 Å². The molecular weight excluding hydrogens is 396 g/mol. The van der Waals surface area contributed by atoms with Gasteiger partial charge in [0.25, 0.3) is 0 Å². The molecule has 0 fully saturated rings. The molecule has 4 N–H and O–H groups in total. The van der Waals surface area contributed by atoms with Crippen LogP contribution in [-0.4, -0.2) is 36.5 Å². The van der Waals surface area contributed by atoms with Crippen molar-refractivity contribution in [1.82, 2.24) is 9.97 Å². The van der Waals surface area contributed by atoms with Gasteiger partial charge in [0, 0.05) is 11.9 Å². The topological polar surface area (TPSA) is 107 Å². The Bertz CT molecular complexity index is 712. The van der Waals surface area contributed by atoms with Crippen LogP contribution < -0.4 is 10.6 Å². The fourth-order valence-corrected chi connectivity index (χ4v) is 2.59. The minimum atomic E-state index is -2.00. The van der Waals surface area contributed by atoms with Crippen molar-refractivity contribution in [3.05, 3.63) is 34.9 Å². The number of nitrogens with one attached hydrogen (secondary N) is 2. The Kier molecular flexibility index (Phi) is 6.67. The molecule has 7 nitrogen and oxygen atoms in total. The molecule has 2 atom stereocenters. The normalized spacial score (nSPS) is 13.6. The van der Waals surface area contributed by atoms with Crippen molar-refractivity contribution in [2.24, 2.45) is 5.92 Å². The number of hydrogen-bond acceptors (Lipinski definition) is 6. The van der Waals surface area contributed by atoms with E-state index in [9.17, 15) is 9.32 Å². The smallest absolute Gasteiger partial charge is 0.229 e. The fourth-order valence-electron chi connectivity index (χ4n) is 1.91. The van der Waals surface area contributed by atoms with Crippen molar-refractivity contribution < 1.29 is 13.9 Å². The Labute approximate surface area is 151 Å². The molecule has 0 amide bonds. The molecule has 1 aromatic carbocycles. The van der Waals surface area contributed by atoms with Crippen molar-refractivity contribution in [1.29, 1.82) is 0 Å². The lowest BCUT2D eigenvalue weighted by molar-refractivity contribution is 0.249. The number of nitrogens with zero attached hydrogens (tertiary/aromatic N) is 2. The molecular formula is C15H19BrN4O3S. The Morgan fingerprint density at radius 1 is 1.29 bits per heavy atom. The van der Waals surface area contributed by atoms with E-state index >= 15 is 0 Å². The predicted molar refractivity (Wildman–Crippen MR) is 97.8 cm³/mol. The van der Waals surface area contributed by atoms with Gasteiger partial charge in [-0.05, 0) is 46.1 Å². The number of halogens is 1. The summed E-state index contributed by atoms with van der Waals surface area (Å²) in [5.74, 6) is 1.19. The van der Waals surface area contributed by atoms with Crippen LogP contribution in [0.25, 0.3) is 0 Å². The molecule has 0 radical (unpaired) electrons. The van der Waals surface area contributed by atoms with Crippen molar-refractivity contribution in [2.75, 3.05) is 17.2 Å². The lowest BCUT2D eigenvalue weighted by Gasteiger charge is -2.21. The van der Waals surface area contributed by atoms with Crippen LogP contribution in [0, 0.1) is 5.92 Å². The Hall–Kier alpha value is -1.55. The van der Waals surface area contributed by atoms with E-state index in [1.807, 2.05) is 13.8 Å². The molecule has 0 saturated heterocycles. The summed E-state index contributed by atoms with van der Waals surface area (Å²) in [7, 11) is 0. The van der Waals surface area contributed by atoms with E-state index in [1.54, 1.807) is 30.5 Å². The third-order valence-electron chi connectivity index (χ3n) is 3.38. The third-order valence-corrected chi connectivity index (χ3v) is 4.64. The standard InChI is InChI=1S/C15H19BrN4O3S/c1-9(2)13(8-21)19-14-12(16)7-17-15(20-14)18-10-3-5-11(6-4-10)24(22)23/h3-7,9,13,21H,8H2,1-2H3,(H,22,23)(H2,17,18,19,20). The molecule has 2 unspecified atom stereocenters. The van der Waals surface area contributed by atoms with E-state index in [-0.39, 0.29) is 18.6 Å². The van der Waals surface area contributed by atoms with Gasteiger partial charge in [-0.2, -0.15) is 4.98 Å². The Morgan fingerprint density at radius 3 is 2.50 bits per heavy atom. The second-order valence-electron chi connectivity index (χ2n) is 5.47. The average molecular weight is 415 g/mol. The molecule has 2 aromatic rings. The van der Waals surface area contributed by atoms with Crippen molar-refractivity contribution in [3.8, 4) is 0 Å².